The van der Waals surface area contributed by atoms with Crippen molar-refractivity contribution in [1.82, 2.24) is 4.57 Å². The van der Waals surface area contributed by atoms with Crippen LogP contribution in [0, 0.1) is 6.92 Å². The molecule has 0 aliphatic carbocycles. The number of nitrogens with one attached hydrogen (secondary N) is 1. The Morgan fingerprint density at radius 2 is 2.10 bits per heavy atom. The van der Waals surface area contributed by atoms with Crippen molar-refractivity contribution >= 4 is 28.9 Å². The van der Waals surface area contributed by atoms with E-state index < -0.39 is 11.9 Å². The molecule has 21 heavy (non-hydrogen) atoms. The Balaban J connectivity index is 2.13. The topological polar surface area (TPSA) is 109 Å². The highest BCUT2D eigenvalue weighted by Gasteiger charge is 2.12. The molecule has 0 spiro atoms. The molecule has 0 atom stereocenters. The zero-order chi connectivity index (χ0) is 15.6. The van der Waals surface area contributed by atoms with Crippen LogP contribution in [-0.4, -0.2) is 26.7 Å². The lowest BCUT2D eigenvalue weighted by Crippen LogP contribution is -2.25. The standard InChI is InChI=1S/C13H12N2O5S/c1-7-6-21-13(20)15(7)5-11(17)14-9-3-2-8(12(18)19)4-10(9)16/h2-4,6,16H,5H2,1H3,(H,14,17)(H,18,19). The molecule has 3 N–H and O–H groups in total. The van der Waals surface area contributed by atoms with Crippen LogP contribution in [0.5, 0.6) is 5.75 Å². The van der Waals surface area contributed by atoms with E-state index in [1.807, 2.05) is 0 Å². The van der Waals surface area contributed by atoms with Gasteiger partial charge in [0, 0.05) is 11.1 Å². The fourth-order valence-corrected chi connectivity index (χ4v) is 2.43. The van der Waals surface area contributed by atoms with Crippen molar-refractivity contribution in [3.63, 3.8) is 0 Å². The van der Waals surface area contributed by atoms with Crippen LogP contribution >= 0.6 is 11.3 Å². The number of benzene rings is 1. The van der Waals surface area contributed by atoms with Gasteiger partial charge in [0.15, 0.2) is 0 Å². The first-order chi connectivity index (χ1) is 9.88. The first kappa shape index (κ1) is 14.8. The van der Waals surface area contributed by atoms with Gasteiger partial charge >= 0.3 is 10.8 Å². The number of phenols is 1. The van der Waals surface area contributed by atoms with E-state index in [2.05, 4.69) is 5.32 Å². The van der Waals surface area contributed by atoms with E-state index in [1.165, 1.54) is 16.7 Å². The second kappa shape index (κ2) is 5.80. The van der Waals surface area contributed by atoms with E-state index in [1.54, 1.807) is 12.3 Å². The van der Waals surface area contributed by atoms with E-state index >= 15 is 0 Å². The van der Waals surface area contributed by atoms with Gasteiger partial charge in [0.05, 0.1) is 11.3 Å². The summed E-state index contributed by atoms with van der Waals surface area (Å²) in [6, 6.07) is 3.60. The minimum Gasteiger partial charge on any atom is -0.506 e. The van der Waals surface area contributed by atoms with Crippen molar-refractivity contribution in [3.05, 3.63) is 44.5 Å². The normalized spacial score (nSPS) is 10.3. The Labute approximate surface area is 123 Å². The minimum absolute atomic E-state index is 0.0876. The highest BCUT2D eigenvalue weighted by Crippen LogP contribution is 2.24. The zero-order valence-electron chi connectivity index (χ0n) is 11.0. The number of aromatic carboxylic acids is 1. The summed E-state index contributed by atoms with van der Waals surface area (Å²) in [5, 5.41) is 22.5. The predicted octanol–water partition coefficient (Wildman–Crippen LogP) is 1.26. The first-order valence-electron chi connectivity index (χ1n) is 5.89. The molecule has 7 nitrogen and oxygen atoms in total. The van der Waals surface area contributed by atoms with Crippen LogP contribution in [0.15, 0.2) is 28.4 Å². The molecule has 0 radical (unpaired) electrons. The van der Waals surface area contributed by atoms with Gasteiger partial charge in [-0.15, -0.1) is 0 Å². The summed E-state index contributed by atoms with van der Waals surface area (Å²) < 4.78 is 1.31. The van der Waals surface area contributed by atoms with Gasteiger partial charge in [-0.3, -0.25) is 14.2 Å². The Morgan fingerprint density at radius 3 is 2.62 bits per heavy atom. The summed E-state index contributed by atoms with van der Waals surface area (Å²) in [4.78, 5) is 33.9. The summed E-state index contributed by atoms with van der Waals surface area (Å²) in [7, 11) is 0. The average Bonchev–Trinajstić information content (AvgIpc) is 2.72. The molecule has 0 saturated heterocycles. The molecule has 2 aromatic rings. The van der Waals surface area contributed by atoms with Crippen molar-refractivity contribution in [2.24, 2.45) is 0 Å². The number of aromatic hydroxyl groups is 1. The zero-order valence-corrected chi connectivity index (χ0v) is 11.8. The average molecular weight is 308 g/mol. The number of aryl methyl sites for hydroxylation is 1. The summed E-state index contributed by atoms with van der Waals surface area (Å²) in [6.45, 7) is 1.54. The van der Waals surface area contributed by atoms with Crippen LogP contribution in [0.25, 0.3) is 0 Å². The van der Waals surface area contributed by atoms with Gasteiger partial charge in [-0.25, -0.2) is 4.79 Å². The molecule has 0 unspecified atom stereocenters. The fraction of sp³-hybridized carbons (Fsp3) is 0.154. The van der Waals surface area contributed by atoms with Crippen molar-refractivity contribution in [3.8, 4) is 5.75 Å². The number of carbonyl (C=O) groups excluding carboxylic acids is 1. The third-order valence-electron chi connectivity index (χ3n) is 2.80. The van der Waals surface area contributed by atoms with Crippen LogP contribution in [0.3, 0.4) is 0 Å². The molecule has 0 aliphatic rings. The van der Waals surface area contributed by atoms with Gasteiger partial charge in [-0.05, 0) is 25.1 Å². The number of anilines is 1. The molecule has 8 heteroatoms. The van der Waals surface area contributed by atoms with E-state index in [9.17, 15) is 19.5 Å². The summed E-state index contributed by atoms with van der Waals surface area (Å²) in [5.41, 5.74) is 0.673. The van der Waals surface area contributed by atoms with Crippen molar-refractivity contribution in [2.75, 3.05) is 5.32 Å². The SMILES string of the molecule is Cc1csc(=O)n1CC(=O)Nc1ccc(C(=O)O)cc1O. The second-order valence-electron chi connectivity index (χ2n) is 4.31. The Hall–Kier alpha value is -2.61. The lowest BCUT2D eigenvalue weighted by atomic mass is 10.2. The highest BCUT2D eigenvalue weighted by molar-refractivity contribution is 7.07. The Kier molecular flexibility index (Phi) is 4.08. The first-order valence-corrected chi connectivity index (χ1v) is 6.77. The molecule has 1 heterocycles. The fourth-order valence-electron chi connectivity index (χ4n) is 1.70. The maximum Gasteiger partial charge on any atom is 0.335 e. The molecule has 1 amide bonds. The van der Waals surface area contributed by atoms with Crippen LogP contribution in [0.4, 0.5) is 5.69 Å². The van der Waals surface area contributed by atoms with Crippen molar-refractivity contribution < 1.29 is 19.8 Å². The quantitative estimate of drug-likeness (QED) is 0.737. The Morgan fingerprint density at radius 1 is 1.38 bits per heavy atom. The van der Waals surface area contributed by atoms with Crippen LogP contribution in [-0.2, 0) is 11.3 Å². The summed E-state index contributed by atoms with van der Waals surface area (Å²) in [5.74, 6) is -2.02. The van der Waals surface area contributed by atoms with E-state index in [4.69, 9.17) is 5.11 Å². The van der Waals surface area contributed by atoms with Gasteiger partial charge in [0.1, 0.15) is 12.3 Å². The third-order valence-corrected chi connectivity index (χ3v) is 3.68. The number of hydrogen-bond donors (Lipinski definition) is 3. The number of hydrogen-bond acceptors (Lipinski definition) is 5. The number of carboxylic acid groups (broad SMARTS) is 1. The number of rotatable bonds is 4. The van der Waals surface area contributed by atoms with E-state index in [0.29, 0.717) is 5.69 Å². The second-order valence-corrected chi connectivity index (χ2v) is 5.14. The molecule has 2 rings (SSSR count). The number of aromatic nitrogens is 1. The number of nitrogens with zero attached hydrogens (tertiary/aromatic N) is 1. The van der Waals surface area contributed by atoms with Gasteiger partial charge in [0.25, 0.3) is 0 Å². The molecular formula is C13H12N2O5S. The van der Waals surface area contributed by atoms with Gasteiger partial charge in [0.2, 0.25) is 5.91 Å². The van der Waals surface area contributed by atoms with Crippen LogP contribution < -0.4 is 10.2 Å². The van der Waals surface area contributed by atoms with E-state index in [0.717, 1.165) is 17.4 Å². The number of carbonyl (C=O) groups is 2. The maximum atomic E-state index is 11.9. The number of amides is 1. The van der Waals surface area contributed by atoms with Crippen LogP contribution in [0.1, 0.15) is 16.1 Å². The minimum atomic E-state index is -1.18. The number of phenolic OH excluding ortho intramolecular Hbond substituents is 1. The largest absolute Gasteiger partial charge is 0.506 e. The maximum absolute atomic E-state index is 11.9. The number of carboxylic acids is 1. The van der Waals surface area contributed by atoms with Gasteiger partial charge in [-0.2, -0.15) is 0 Å². The van der Waals surface area contributed by atoms with E-state index in [-0.39, 0.29) is 28.4 Å². The monoisotopic (exact) mass is 308 g/mol. The molecule has 0 aliphatic heterocycles. The molecule has 110 valence electrons. The third kappa shape index (κ3) is 3.29. The van der Waals surface area contributed by atoms with Crippen LogP contribution in [0.2, 0.25) is 0 Å². The van der Waals surface area contributed by atoms with Crippen molar-refractivity contribution in [2.45, 2.75) is 13.5 Å². The predicted molar refractivity (Wildman–Crippen MR) is 77.0 cm³/mol. The molecule has 0 saturated carbocycles. The molecule has 0 fully saturated rings. The van der Waals surface area contributed by atoms with Gasteiger partial charge < -0.3 is 15.5 Å². The molecular weight excluding hydrogens is 296 g/mol. The smallest absolute Gasteiger partial charge is 0.335 e. The van der Waals surface area contributed by atoms with Gasteiger partial charge in [-0.1, -0.05) is 11.3 Å². The highest BCUT2D eigenvalue weighted by atomic mass is 32.1. The Bertz CT molecular complexity index is 762. The summed E-state index contributed by atoms with van der Waals surface area (Å²) in [6.07, 6.45) is 0. The van der Waals surface area contributed by atoms with Crippen molar-refractivity contribution in [1.29, 1.82) is 0 Å². The molecule has 1 aromatic carbocycles. The molecule has 1 aromatic heterocycles. The summed E-state index contributed by atoms with van der Waals surface area (Å²) >= 11 is 1.00. The number of thiazole rings is 1. The lowest BCUT2D eigenvalue weighted by Gasteiger charge is -2.09. The molecule has 0 bridgehead atoms. The lowest BCUT2D eigenvalue weighted by molar-refractivity contribution is -0.116.